The third-order valence-electron chi connectivity index (χ3n) is 2.09. The van der Waals surface area contributed by atoms with Crippen LogP contribution in [-0.2, 0) is 6.42 Å². The minimum absolute atomic E-state index is 0. The van der Waals surface area contributed by atoms with E-state index in [4.69, 9.17) is 5.73 Å². The molecule has 0 aliphatic heterocycles. The lowest BCUT2D eigenvalue weighted by Crippen LogP contribution is -2.17. The third-order valence-corrected chi connectivity index (χ3v) is 2.09. The number of nitrogens with two attached hydrogens (primary N) is 1. The summed E-state index contributed by atoms with van der Waals surface area (Å²) < 4.78 is 0. The molecule has 1 aromatic heterocycles. The summed E-state index contributed by atoms with van der Waals surface area (Å²) in [4.78, 5) is 8.45. The molecule has 3 nitrogen and oxygen atoms in total. The van der Waals surface area contributed by atoms with E-state index in [9.17, 15) is 0 Å². The Labute approximate surface area is 95.1 Å². The van der Waals surface area contributed by atoms with Gasteiger partial charge >= 0.3 is 0 Å². The normalized spacial score (nSPS) is 12.1. The Hall–Kier alpha value is -1.19. The highest BCUT2D eigenvalue weighted by molar-refractivity contribution is 5.85. The molecule has 1 unspecified atom stereocenters. The molecule has 0 bridgehead atoms. The van der Waals surface area contributed by atoms with Crippen molar-refractivity contribution < 1.29 is 0 Å². The van der Waals surface area contributed by atoms with Crippen LogP contribution in [0.5, 0.6) is 0 Å². The summed E-state index contributed by atoms with van der Waals surface area (Å²) in [5.74, 6) is 0. The third kappa shape index (κ3) is 2.88. The molecule has 0 saturated carbocycles. The van der Waals surface area contributed by atoms with Crippen molar-refractivity contribution >= 4 is 23.4 Å². The highest BCUT2D eigenvalue weighted by atomic mass is 35.5. The molecule has 0 aliphatic rings. The van der Waals surface area contributed by atoms with Gasteiger partial charge in [0.05, 0.1) is 11.0 Å². The predicted octanol–water partition coefficient (Wildman–Crippen LogP) is 1.94. The van der Waals surface area contributed by atoms with Gasteiger partial charge < -0.3 is 5.73 Å². The molecule has 0 spiro atoms. The summed E-state index contributed by atoms with van der Waals surface area (Å²) in [6.45, 7) is 2.00. The molecule has 1 heterocycles. The van der Waals surface area contributed by atoms with Crippen molar-refractivity contribution in [1.82, 2.24) is 9.97 Å². The summed E-state index contributed by atoms with van der Waals surface area (Å²) in [7, 11) is 0. The lowest BCUT2D eigenvalue weighted by Gasteiger charge is -2.05. The standard InChI is InChI=1S/C11H13N3.ClH/c1-8(12)6-9-2-3-10-11(7-9)14-5-4-13-10;/h2-5,7-8H,6,12H2,1H3;1H. The summed E-state index contributed by atoms with van der Waals surface area (Å²) in [5.41, 5.74) is 8.82. The number of hydrogen-bond acceptors (Lipinski definition) is 3. The van der Waals surface area contributed by atoms with Crippen LogP contribution in [0.15, 0.2) is 30.6 Å². The monoisotopic (exact) mass is 223 g/mol. The van der Waals surface area contributed by atoms with Crippen LogP contribution >= 0.6 is 12.4 Å². The van der Waals surface area contributed by atoms with Crippen LogP contribution in [0.1, 0.15) is 12.5 Å². The molecule has 0 amide bonds. The molecule has 0 saturated heterocycles. The molecule has 0 fully saturated rings. The molecule has 1 atom stereocenters. The average molecular weight is 224 g/mol. The van der Waals surface area contributed by atoms with Gasteiger partial charge in [0.15, 0.2) is 0 Å². The van der Waals surface area contributed by atoms with Gasteiger partial charge in [-0.05, 0) is 31.0 Å². The first-order chi connectivity index (χ1) is 6.75. The Balaban J connectivity index is 0.00000112. The SMILES string of the molecule is CC(N)Cc1ccc2nccnc2c1.Cl. The Morgan fingerprint density at radius 1 is 1.20 bits per heavy atom. The van der Waals surface area contributed by atoms with Crippen molar-refractivity contribution in [3.05, 3.63) is 36.2 Å². The van der Waals surface area contributed by atoms with Gasteiger partial charge in [0.25, 0.3) is 0 Å². The molecule has 2 aromatic rings. The molecule has 4 heteroatoms. The average Bonchev–Trinajstić information content (AvgIpc) is 2.17. The topological polar surface area (TPSA) is 51.8 Å². The molecular weight excluding hydrogens is 210 g/mol. The molecule has 0 aliphatic carbocycles. The molecule has 1 aromatic carbocycles. The summed E-state index contributed by atoms with van der Waals surface area (Å²) in [5, 5.41) is 0. The first-order valence-electron chi connectivity index (χ1n) is 4.71. The van der Waals surface area contributed by atoms with Gasteiger partial charge in [-0.25, -0.2) is 0 Å². The largest absolute Gasteiger partial charge is 0.328 e. The lowest BCUT2D eigenvalue weighted by molar-refractivity contribution is 0.738. The Bertz CT molecular complexity index is 443. The van der Waals surface area contributed by atoms with E-state index in [0.29, 0.717) is 0 Å². The zero-order valence-electron chi connectivity index (χ0n) is 8.55. The van der Waals surface area contributed by atoms with Gasteiger partial charge in [-0.15, -0.1) is 12.4 Å². The number of halogens is 1. The van der Waals surface area contributed by atoms with Crippen LogP contribution < -0.4 is 5.73 Å². The molecule has 2 N–H and O–H groups in total. The highest BCUT2D eigenvalue weighted by Gasteiger charge is 2.00. The zero-order valence-corrected chi connectivity index (χ0v) is 9.37. The maximum Gasteiger partial charge on any atom is 0.0889 e. The smallest absolute Gasteiger partial charge is 0.0889 e. The summed E-state index contributed by atoms with van der Waals surface area (Å²) >= 11 is 0. The van der Waals surface area contributed by atoms with Gasteiger partial charge in [-0.3, -0.25) is 9.97 Å². The fourth-order valence-electron chi connectivity index (χ4n) is 1.51. The van der Waals surface area contributed by atoms with Crippen LogP contribution in [-0.4, -0.2) is 16.0 Å². The number of aromatic nitrogens is 2. The van der Waals surface area contributed by atoms with Gasteiger partial charge in [-0.2, -0.15) is 0 Å². The quantitative estimate of drug-likeness (QED) is 0.847. The Morgan fingerprint density at radius 2 is 1.87 bits per heavy atom. The zero-order chi connectivity index (χ0) is 9.97. The van der Waals surface area contributed by atoms with Crippen LogP contribution in [0.25, 0.3) is 11.0 Å². The maximum atomic E-state index is 5.73. The van der Waals surface area contributed by atoms with E-state index in [0.717, 1.165) is 17.5 Å². The highest BCUT2D eigenvalue weighted by Crippen LogP contribution is 2.11. The van der Waals surface area contributed by atoms with Crippen LogP contribution in [0, 0.1) is 0 Å². The predicted molar refractivity (Wildman–Crippen MR) is 64.1 cm³/mol. The van der Waals surface area contributed by atoms with Crippen LogP contribution in [0.4, 0.5) is 0 Å². The molecular formula is C11H14ClN3. The van der Waals surface area contributed by atoms with E-state index in [-0.39, 0.29) is 18.4 Å². The van der Waals surface area contributed by atoms with Crippen molar-refractivity contribution in [1.29, 1.82) is 0 Å². The number of fused-ring (bicyclic) bond motifs is 1. The minimum Gasteiger partial charge on any atom is -0.328 e. The molecule has 0 radical (unpaired) electrons. The van der Waals surface area contributed by atoms with Crippen LogP contribution in [0.3, 0.4) is 0 Å². The van der Waals surface area contributed by atoms with Crippen molar-refractivity contribution in [3.63, 3.8) is 0 Å². The van der Waals surface area contributed by atoms with E-state index in [1.807, 2.05) is 19.1 Å². The minimum atomic E-state index is 0. The number of benzene rings is 1. The lowest BCUT2D eigenvalue weighted by atomic mass is 10.1. The molecule has 80 valence electrons. The number of nitrogens with zero attached hydrogens (tertiary/aromatic N) is 2. The van der Waals surface area contributed by atoms with E-state index in [1.165, 1.54) is 5.56 Å². The second-order valence-corrected chi connectivity index (χ2v) is 3.56. The summed E-state index contributed by atoms with van der Waals surface area (Å²) in [6, 6.07) is 6.27. The first kappa shape index (κ1) is 11.9. The maximum absolute atomic E-state index is 5.73. The summed E-state index contributed by atoms with van der Waals surface area (Å²) in [6.07, 6.45) is 4.29. The Morgan fingerprint density at radius 3 is 2.53 bits per heavy atom. The van der Waals surface area contributed by atoms with Gasteiger partial charge in [0.1, 0.15) is 0 Å². The molecule has 2 rings (SSSR count). The van der Waals surface area contributed by atoms with Gasteiger partial charge in [0, 0.05) is 18.4 Å². The second kappa shape index (κ2) is 5.05. The molecule has 15 heavy (non-hydrogen) atoms. The fraction of sp³-hybridized carbons (Fsp3) is 0.273. The number of rotatable bonds is 2. The van der Waals surface area contributed by atoms with Crippen molar-refractivity contribution in [2.24, 2.45) is 5.73 Å². The van der Waals surface area contributed by atoms with Gasteiger partial charge in [0.2, 0.25) is 0 Å². The van der Waals surface area contributed by atoms with Crippen LogP contribution in [0.2, 0.25) is 0 Å². The van der Waals surface area contributed by atoms with Crippen molar-refractivity contribution in [2.45, 2.75) is 19.4 Å². The van der Waals surface area contributed by atoms with E-state index in [1.54, 1.807) is 12.4 Å². The van der Waals surface area contributed by atoms with E-state index >= 15 is 0 Å². The fourth-order valence-corrected chi connectivity index (χ4v) is 1.51. The number of hydrogen-bond donors (Lipinski definition) is 1. The van der Waals surface area contributed by atoms with E-state index < -0.39 is 0 Å². The Kier molecular flexibility index (Phi) is 4.00. The first-order valence-corrected chi connectivity index (χ1v) is 4.71. The van der Waals surface area contributed by atoms with Crippen molar-refractivity contribution in [2.75, 3.05) is 0 Å². The van der Waals surface area contributed by atoms with E-state index in [2.05, 4.69) is 16.0 Å². The van der Waals surface area contributed by atoms with Gasteiger partial charge in [-0.1, -0.05) is 6.07 Å². The second-order valence-electron chi connectivity index (χ2n) is 3.56. The van der Waals surface area contributed by atoms with Crippen molar-refractivity contribution in [3.8, 4) is 0 Å².